The number of halogens is 1. The predicted molar refractivity (Wildman–Crippen MR) is 122 cm³/mol. The molecule has 0 aliphatic carbocycles. The van der Waals surface area contributed by atoms with E-state index >= 15 is 0 Å². The molecular formula is C24H21ClN4. The Bertz CT molecular complexity index is 1150. The Hall–Kier alpha value is -3.24. The smallest absolute Gasteiger partial charge is 0.244 e. The largest absolute Gasteiger partial charge is 0.245 e. The lowest BCUT2D eigenvalue weighted by Crippen LogP contribution is -2.00. The molecule has 0 aliphatic heterocycles. The van der Waals surface area contributed by atoms with Gasteiger partial charge in [-0.3, -0.25) is 0 Å². The van der Waals surface area contributed by atoms with E-state index in [-0.39, 0.29) is 0 Å². The van der Waals surface area contributed by atoms with E-state index in [0.717, 1.165) is 27.7 Å². The van der Waals surface area contributed by atoms with Gasteiger partial charge in [-0.15, -0.1) is 0 Å². The van der Waals surface area contributed by atoms with Crippen LogP contribution in [0, 0.1) is 0 Å². The van der Waals surface area contributed by atoms with E-state index in [4.69, 9.17) is 11.6 Å². The van der Waals surface area contributed by atoms with Crippen LogP contribution in [-0.4, -0.2) is 16.2 Å². The van der Waals surface area contributed by atoms with E-state index < -0.39 is 0 Å². The van der Waals surface area contributed by atoms with Crippen molar-refractivity contribution in [2.24, 2.45) is 5.10 Å². The number of hydrogen-bond acceptors (Lipinski definition) is 4. The molecule has 0 radical (unpaired) electrons. The van der Waals surface area contributed by atoms with Crippen LogP contribution in [-0.2, 0) is 0 Å². The zero-order chi connectivity index (χ0) is 20.2. The van der Waals surface area contributed by atoms with Gasteiger partial charge >= 0.3 is 0 Å². The lowest BCUT2D eigenvalue weighted by Gasteiger charge is -2.09. The van der Waals surface area contributed by atoms with Gasteiger partial charge in [0.05, 0.1) is 17.4 Å². The predicted octanol–water partition coefficient (Wildman–Crippen LogP) is 6.52. The second-order valence-electron chi connectivity index (χ2n) is 7.11. The maximum Gasteiger partial charge on any atom is 0.244 e. The maximum absolute atomic E-state index is 6.21. The average Bonchev–Trinajstić information content (AvgIpc) is 2.74. The minimum absolute atomic E-state index is 0.439. The minimum Gasteiger partial charge on any atom is -0.245 e. The van der Waals surface area contributed by atoms with E-state index in [1.165, 1.54) is 5.56 Å². The summed E-state index contributed by atoms with van der Waals surface area (Å²) in [5, 5.41) is 5.88. The summed E-state index contributed by atoms with van der Waals surface area (Å²) < 4.78 is 0. The van der Waals surface area contributed by atoms with Crippen LogP contribution in [0.25, 0.3) is 22.2 Å². The van der Waals surface area contributed by atoms with Gasteiger partial charge in [-0.2, -0.15) is 5.10 Å². The second-order valence-corrected chi connectivity index (χ2v) is 7.55. The van der Waals surface area contributed by atoms with Crippen LogP contribution >= 0.6 is 11.6 Å². The van der Waals surface area contributed by atoms with Gasteiger partial charge in [0.15, 0.2) is 0 Å². The van der Waals surface area contributed by atoms with Gasteiger partial charge in [-0.05, 0) is 35.2 Å². The summed E-state index contributed by atoms with van der Waals surface area (Å²) in [7, 11) is 0. The Morgan fingerprint density at radius 3 is 2.41 bits per heavy atom. The number of rotatable bonds is 5. The number of nitrogens with one attached hydrogen (secondary N) is 1. The highest BCUT2D eigenvalue weighted by molar-refractivity contribution is 6.31. The molecule has 4 aromatic rings. The van der Waals surface area contributed by atoms with Crippen molar-refractivity contribution in [3.8, 4) is 11.3 Å². The molecule has 0 spiro atoms. The maximum atomic E-state index is 6.21. The van der Waals surface area contributed by atoms with E-state index in [2.05, 4.69) is 58.6 Å². The van der Waals surface area contributed by atoms with Crippen molar-refractivity contribution in [3.05, 3.63) is 88.9 Å². The number of aromatic nitrogens is 2. The van der Waals surface area contributed by atoms with E-state index in [1.807, 2.05) is 48.5 Å². The zero-order valence-corrected chi connectivity index (χ0v) is 17.1. The third-order valence-corrected chi connectivity index (χ3v) is 4.92. The number of fused-ring (bicyclic) bond motifs is 1. The molecule has 0 saturated carbocycles. The minimum atomic E-state index is 0.439. The van der Waals surface area contributed by atoms with Gasteiger partial charge in [0, 0.05) is 16.0 Å². The van der Waals surface area contributed by atoms with E-state index in [1.54, 1.807) is 6.21 Å². The second kappa shape index (κ2) is 8.41. The molecule has 0 unspecified atom stereocenters. The van der Waals surface area contributed by atoms with Crippen LogP contribution in [0.4, 0.5) is 5.95 Å². The van der Waals surface area contributed by atoms with Crippen molar-refractivity contribution in [1.82, 2.24) is 9.97 Å². The molecule has 0 saturated heterocycles. The molecule has 4 rings (SSSR count). The fourth-order valence-corrected chi connectivity index (χ4v) is 3.27. The number of benzene rings is 3. The van der Waals surface area contributed by atoms with Gasteiger partial charge in [0.1, 0.15) is 0 Å². The Balaban J connectivity index is 1.65. The molecule has 5 heteroatoms. The van der Waals surface area contributed by atoms with Crippen molar-refractivity contribution in [2.45, 2.75) is 19.8 Å². The normalized spacial score (nSPS) is 11.4. The molecule has 0 fully saturated rings. The summed E-state index contributed by atoms with van der Waals surface area (Å²) >= 11 is 6.21. The summed E-state index contributed by atoms with van der Waals surface area (Å²) in [6.07, 6.45) is 1.77. The number of hydrazone groups is 1. The molecule has 4 nitrogen and oxygen atoms in total. The Morgan fingerprint density at radius 2 is 1.69 bits per heavy atom. The van der Waals surface area contributed by atoms with Crippen LogP contribution < -0.4 is 5.43 Å². The molecule has 144 valence electrons. The third kappa shape index (κ3) is 4.44. The molecular weight excluding hydrogens is 380 g/mol. The molecule has 3 aromatic carbocycles. The molecule has 0 bridgehead atoms. The topological polar surface area (TPSA) is 50.2 Å². The van der Waals surface area contributed by atoms with Crippen molar-refractivity contribution in [2.75, 3.05) is 5.43 Å². The van der Waals surface area contributed by atoms with Crippen molar-refractivity contribution < 1.29 is 0 Å². The van der Waals surface area contributed by atoms with Crippen LogP contribution in [0.2, 0.25) is 5.02 Å². The fraction of sp³-hybridized carbons (Fsp3) is 0.125. The van der Waals surface area contributed by atoms with Crippen molar-refractivity contribution >= 4 is 34.7 Å². The summed E-state index contributed by atoms with van der Waals surface area (Å²) in [4.78, 5) is 9.26. The Kier molecular flexibility index (Phi) is 5.54. The summed E-state index contributed by atoms with van der Waals surface area (Å²) in [6.45, 7) is 4.36. The highest BCUT2D eigenvalue weighted by Crippen LogP contribution is 2.29. The fourth-order valence-electron chi connectivity index (χ4n) is 3.10. The van der Waals surface area contributed by atoms with Crippen molar-refractivity contribution in [3.63, 3.8) is 0 Å². The van der Waals surface area contributed by atoms with Gasteiger partial charge in [0.2, 0.25) is 5.95 Å². The van der Waals surface area contributed by atoms with Crippen LogP contribution in [0.15, 0.2) is 77.9 Å². The standard InChI is InChI=1S/C24H21ClN4/c1-16(2)18-10-8-17(9-11-18)15-26-29-24-27-22-13-12-20(25)14-21(22)23(28-24)19-6-4-3-5-7-19/h3-16H,1-2H3,(H,27,28,29)/b26-15-. The number of nitrogens with zero attached hydrogens (tertiary/aromatic N) is 3. The first-order valence-electron chi connectivity index (χ1n) is 9.52. The first kappa shape index (κ1) is 19.1. The summed E-state index contributed by atoms with van der Waals surface area (Å²) in [5.74, 6) is 0.948. The van der Waals surface area contributed by atoms with E-state index in [0.29, 0.717) is 16.9 Å². The number of anilines is 1. The van der Waals surface area contributed by atoms with Crippen LogP contribution in [0.5, 0.6) is 0 Å². The molecule has 0 atom stereocenters. The lowest BCUT2D eigenvalue weighted by molar-refractivity contribution is 0.866. The lowest BCUT2D eigenvalue weighted by atomic mass is 10.0. The SMILES string of the molecule is CC(C)c1ccc(/C=N\Nc2nc(-c3ccccc3)c3cc(Cl)ccc3n2)cc1. The van der Waals surface area contributed by atoms with E-state index in [9.17, 15) is 0 Å². The molecule has 29 heavy (non-hydrogen) atoms. The first-order chi connectivity index (χ1) is 14.1. The highest BCUT2D eigenvalue weighted by Gasteiger charge is 2.10. The van der Waals surface area contributed by atoms with Gasteiger partial charge in [-0.25, -0.2) is 15.4 Å². The van der Waals surface area contributed by atoms with Gasteiger partial charge in [-0.1, -0.05) is 80.0 Å². The molecule has 1 heterocycles. The highest BCUT2D eigenvalue weighted by atomic mass is 35.5. The summed E-state index contributed by atoms with van der Waals surface area (Å²) in [5.41, 5.74) is 7.90. The zero-order valence-electron chi connectivity index (χ0n) is 16.3. The first-order valence-corrected chi connectivity index (χ1v) is 9.90. The van der Waals surface area contributed by atoms with Crippen LogP contribution in [0.3, 0.4) is 0 Å². The molecule has 0 aliphatic rings. The Labute approximate surface area is 175 Å². The molecule has 0 amide bonds. The van der Waals surface area contributed by atoms with Gasteiger partial charge in [0.25, 0.3) is 0 Å². The van der Waals surface area contributed by atoms with Gasteiger partial charge < -0.3 is 0 Å². The quantitative estimate of drug-likeness (QED) is 0.306. The van der Waals surface area contributed by atoms with Crippen LogP contribution in [0.1, 0.15) is 30.9 Å². The molecule has 1 N–H and O–H groups in total. The van der Waals surface area contributed by atoms with Crippen molar-refractivity contribution in [1.29, 1.82) is 0 Å². The summed E-state index contributed by atoms with van der Waals surface area (Å²) in [6, 6.07) is 24.0. The average molecular weight is 401 g/mol. The molecule has 1 aromatic heterocycles. The third-order valence-electron chi connectivity index (χ3n) is 4.69. The Morgan fingerprint density at radius 1 is 0.931 bits per heavy atom. The monoisotopic (exact) mass is 400 g/mol. The number of hydrogen-bond donors (Lipinski definition) is 1.